The van der Waals surface area contributed by atoms with Crippen molar-refractivity contribution in [3.8, 4) is 11.5 Å². The number of aromatic nitrogens is 3. The molecule has 26 heavy (non-hydrogen) atoms. The minimum Gasteiger partial charge on any atom is -0.493 e. The zero-order valence-corrected chi connectivity index (χ0v) is 16.0. The number of nitrogens with one attached hydrogen (secondary N) is 2. The fourth-order valence-corrected chi connectivity index (χ4v) is 2.93. The first-order valence-electron chi connectivity index (χ1n) is 7.98. The second-order valence-electron chi connectivity index (χ2n) is 5.69. The molecule has 2 aromatic carbocycles. The lowest BCUT2D eigenvalue weighted by molar-refractivity contribution is 0.284. The number of H-pyrrole nitrogens is 1. The number of halogens is 1. The van der Waals surface area contributed by atoms with Gasteiger partial charge in [-0.2, -0.15) is 5.10 Å². The average molecular weight is 391 g/mol. The predicted octanol–water partition coefficient (Wildman–Crippen LogP) is 4.23. The summed E-state index contributed by atoms with van der Waals surface area (Å²) in [6, 6.07) is 11.8. The molecule has 3 rings (SSSR count). The van der Waals surface area contributed by atoms with Gasteiger partial charge in [-0.15, -0.1) is 0 Å². The van der Waals surface area contributed by atoms with Crippen LogP contribution in [0, 0.1) is 11.7 Å². The topological polar surface area (TPSA) is 64.1 Å². The number of ether oxygens (including phenoxy) is 2. The predicted molar refractivity (Wildman–Crippen MR) is 104 cm³/mol. The number of nitrogens with zero attached hydrogens (tertiary/aromatic N) is 2. The lowest BCUT2D eigenvalue weighted by Gasteiger charge is -2.15. The van der Waals surface area contributed by atoms with Crippen LogP contribution in [0.2, 0.25) is 5.02 Å². The number of hydrogen-bond acceptors (Lipinski definition) is 5. The highest BCUT2D eigenvalue weighted by Crippen LogP contribution is 2.37. The molecule has 0 bridgehead atoms. The number of aryl methyl sites for hydroxylation is 1. The minimum atomic E-state index is 0.421. The Kier molecular flexibility index (Phi) is 5.80. The van der Waals surface area contributed by atoms with Crippen LogP contribution in [0.3, 0.4) is 0 Å². The van der Waals surface area contributed by atoms with Crippen molar-refractivity contribution in [1.29, 1.82) is 0 Å². The first kappa shape index (κ1) is 18.3. The maximum absolute atomic E-state index is 6.43. The summed E-state index contributed by atoms with van der Waals surface area (Å²) >= 11 is 11.5. The highest BCUT2D eigenvalue weighted by atomic mass is 35.5. The van der Waals surface area contributed by atoms with E-state index in [0.717, 1.165) is 11.1 Å². The molecule has 0 fully saturated rings. The third kappa shape index (κ3) is 4.17. The van der Waals surface area contributed by atoms with Crippen LogP contribution in [0.4, 0.5) is 0 Å². The second-order valence-corrected chi connectivity index (χ2v) is 6.48. The van der Waals surface area contributed by atoms with Crippen LogP contribution >= 0.6 is 23.8 Å². The van der Waals surface area contributed by atoms with E-state index in [0.29, 0.717) is 34.4 Å². The van der Waals surface area contributed by atoms with Gasteiger partial charge in [0.05, 0.1) is 18.7 Å². The zero-order chi connectivity index (χ0) is 18.5. The first-order chi connectivity index (χ1) is 12.6. The third-order valence-electron chi connectivity index (χ3n) is 3.93. The van der Waals surface area contributed by atoms with Gasteiger partial charge < -0.3 is 14.9 Å². The summed E-state index contributed by atoms with van der Waals surface area (Å²) in [6.45, 7) is 2.97. The number of hydrogen-bond donors (Lipinski definition) is 2. The Morgan fingerprint density at radius 2 is 2.12 bits per heavy atom. The van der Waals surface area contributed by atoms with Gasteiger partial charge in [0.1, 0.15) is 12.9 Å². The third-order valence-corrected chi connectivity index (χ3v) is 4.50. The summed E-state index contributed by atoms with van der Waals surface area (Å²) in [7, 11) is 1.59. The molecule has 1 aromatic heterocycles. The monoisotopic (exact) mass is 390 g/mol. The lowest BCUT2D eigenvalue weighted by atomic mass is 10.1. The largest absolute Gasteiger partial charge is 0.493 e. The number of methoxy groups -OCH3 is 1. The average Bonchev–Trinajstić information content (AvgIpc) is 3.04. The highest BCUT2D eigenvalue weighted by Gasteiger charge is 2.13. The van der Waals surface area contributed by atoms with Crippen LogP contribution in [-0.2, 0) is 13.2 Å². The molecule has 2 N–H and O–H groups in total. The Morgan fingerprint density at radius 3 is 2.81 bits per heavy atom. The molecule has 136 valence electrons. The summed E-state index contributed by atoms with van der Waals surface area (Å²) in [5.74, 6) is 1.11. The molecule has 0 unspecified atom stereocenters. The molecule has 0 saturated heterocycles. The van der Waals surface area contributed by atoms with Gasteiger partial charge in [0.2, 0.25) is 4.77 Å². The molecular weight excluding hydrogens is 372 g/mol. The molecule has 0 saturated carbocycles. The minimum absolute atomic E-state index is 0.421. The molecule has 0 aliphatic rings. The van der Waals surface area contributed by atoms with E-state index in [1.54, 1.807) is 18.1 Å². The standard InChI is InChI=1S/C18H19ClN4O2S/c1-12-5-3-4-6-14(12)10-25-17-15(19)7-13(8-16(17)24-2)9-21-23-11-20-22-18(23)26/h3-8,11,21H,9-10H2,1-2H3,(H,22,26). The number of rotatable bonds is 7. The Bertz CT molecular complexity index is 954. The molecule has 1 heterocycles. The number of benzene rings is 2. The Balaban J connectivity index is 1.75. The van der Waals surface area contributed by atoms with E-state index in [2.05, 4.69) is 15.6 Å². The van der Waals surface area contributed by atoms with Crippen LogP contribution in [0.5, 0.6) is 11.5 Å². The molecule has 0 spiro atoms. The molecule has 3 aromatic rings. The van der Waals surface area contributed by atoms with Crippen LogP contribution in [-0.4, -0.2) is 22.0 Å². The van der Waals surface area contributed by atoms with Crippen LogP contribution in [0.25, 0.3) is 0 Å². The number of aromatic amines is 1. The van der Waals surface area contributed by atoms with Crippen molar-refractivity contribution in [3.63, 3.8) is 0 Å². The highest BCUT2D eigenvalue weighted by molar-refractivity contribution is 7.71. The smallest absolute Gasteiger partial charge is 0.214 e. The summed E-state index contributed by atoms with van der Waals surface area (Å²) < 4.78 is 13.5. The van der Waals surface area contributed by atoms with E-state index in [4.69, 9.17) is 33.3 Å². The van der Waals surface area contributed by atoms with Gasteiger partial charge in [0.25, 0.3) is 0 Å². The normalized spacial score (nSPS) is 10.6. The van der Waals surface area contributed by atoms with Crippen LogP contribution < -0.4 is 14.9 Å². The van der Waals surface area contributed by atoms with Crippen molar-refractivity contribution in [1.82, 2.24) is 14.9 Å². The van der Waals surface area contributed by atoms with Gasteiger partial charge in [-0.1, -0.05) is 35.9 Å². The lowest BCUT2D eigenvalue weighted by Crippen LogP contribution is -2.13. The van der Waals surface area contributed by atoms with Gasteiger partial charge in [-0.05, 0) is 48.0 Å². The molecular formula is C18H19ClN4O2S. The summed E-state index contributed by atoms with van der Waals surface area (Å²) in [5.41, 5.74) is 6.33. The van der Waals surface area contributed by atoms with Gasteiger partial charge in [-0.25, -0.2) is 4.68 Å². The maximum Gasteiger partial charge on any atom is 0.214 e. The molecule has 0 radical (unpaired) electrons. The second kappa shape index (κ2) is 8.25. The molecule has 8 heteroatoms. The quantitative estimate of drug-likeness (QED) is 0.591. The van der Waals surface area contributed by atoms with Crippen molar-refractivity contribution >= 4 is 23.8 Å². The van der Waals surface area contributed by atoms with Crippen molar-refractivity contribution in [3.05, 3.63) is 69.2 Å². The van der Waals surface area contributed by atoms with E-state index in [1.165, 1.54) is 5.56 Å². The fraction of sp³-hybridized carbons (Fsp3) is 0.222. The van der Waals surface area contributed by atoms with E-state index < -0.39 is 0 Å². The van der Waals surface area contributed by atoms with Crippen molar-refractivity contribution in [2.45, 2.75) is 20.1 Å². The molecule has 0 atom stereocenters. The van der Waals surface area contributed by atoms with Crippen LogP contribution in [0.15, 0.2) is 42.7 Å². The summed E-state index contributed by atoms with van der Waals surface area (Å²) in [5, 5.41) is 7.03. The maximum atomic E-state index is 6.43. The van der Waals surface area contributed by atoms with Crippen molar-refractivity contribution in [2.24, 2.45) is 0 Å². The molecule has 0 aliphatic heterocycles. The van der Waals surface area contributed by atoms with E-state index in [1.807, 2.05) is 43.3 Å². The van der Waals surface area contributed by atoms with E-state index in [9.17, 15) is 0 Å². The first-order valence-corrected chi connectivity index (χ1v) is 8.76. The summed E-state index contributed by atoms with van der Waals surface area (Å²) in [4.78, 5) is 0. The summed E-state index contributed by atoms with van der Waals surface area (Å²) in [6.07, 6.45) is 1.57. The van der Waals surface area contributed by atoms with E-state index in [-0.39, 0.29) is 0 Å². The molecule has 0 amide bonds. The SMILES string of the molecule is COc1cc(CNn2cn[nH]c2=S)cc(Cl)c1OCc1ccccc1C. The van der Waals surface area contributed by atoms with E-state index >= 15 is 0 Å². The van der Waals surface area contributed by atoms with Gasteiger partial charge in [0.15, 0.2) is 11.5 Å². The molecule has 0 aliphatic carbocycles. The van der Waals surface area contributed by atoms with Crippen molar-refractivity contribution < 1.29 is 9.47 Å². The van der Waals surface area contributed by atoms with Gasteiger partial charge in [-0.3, -0.25) is 5.10 Å². The fourth-order valence-electron chi connectivity index (χ4n) is 2.47. The Hall–Kier alpha value is -2.51. The Labute approximate surface area is 161 Å². The Morgan fingerprint density at radius 1 is 1.31 bits per heavy atom. The zero-order valence-electron chi connectivity index (χ0n) is 14.5. The van der Waals surface area contributed by atoms with Crippen molar-refractivity contribution in [2.75, 3.05) is 12.5 Å². The van der Waals surface area contributed by atoms with Gasteiger partial charge in [0, 0.05) is 0 Å². The van der Waals surface area contributed by atoms with Crippen LogP contribution in [0.1, 0.15) is 16.7 Å². The molecule has 6 nitrogen and oxygen atoms in total. The van der Waals surface area contributed by atoms with Gasteiger partial charge >= 0.3 is 0 Å².